The number of esters is 2. The van der Waals surface area contributed by atoms with E-state index in [4.69, 9.17) is 9.47 Å². The van der Waals surface area contributed by atoms with Crippen LogP contribution in [0.1, 0.15) is 142 Å². The highest BCUT2D eigenvalue weighted by Crippen LogP contribution is 2.10. The normalized spacial score (nSPS) is 13.1. The van der Waals surface area contributed by atoms with Gasteiger partial charge in [-0.15, -0.1) is 0 Å². The highest BCUT2D eigenvalue weighted by Gasteiger charge is 2.15. The summed E-state index contributed by atoms with van der Waals surface area (Å²) in [6, 6.07) is 0. The van der Waals surface area contributed by atoms with Crippen LogP contribution < -0.4 is 0 Å². The van der Waals surface area contributed by atoms with Crippen LogP contribution in [0.25, 0.3) is 0 Å². The van der Waals surface area contributed by atoms with Gasteiger partial charge in [0.25, 0.3) is 0 Å². The Kier molecular flexibility index (Phi) is 32.7. The number of allylic oxidation sites excluding steroid dienone is 12. The Morgan fingerprint density at radius 1 is 0.545 bits per heavy atom. The lowest BCUT2D eigenvalue weighted by Gasteiger charge is -2.15. The lowest BCUT2D eigenvalue weighted by Crippen LogP contribution is -2.28. The molecule has 0 fully saturated rings. The molecule has 1 atom stereocenters. The van der Waals surface area contributed by atoms with Gasteiger partial charge in [-0.05, 0) is 77.0 Å². The minimum absolute atomic E-state index is 0.102. The zero-order chi connectivity index (χ0) is 32.2. The second kappa shape index (κ2) is 34.8. The van der Waals surface area contributed by atoms with Crippen molar-refractivity contribution in [1.29, 1.82) is 0 Å². The van der Waals surface area contributed by atoms with Gasteiger partial charge < -0.3 is 14.6 Å². The quantitative estimate of drug-likeness (QED) is 0.0496. The van der Waals surface area contributed by atoms with E-state index in [1.807, 2.05) is 0 Å². The summed E-state index contributed by atoms with van der Waals surface area (Å²) in [7, 11) is 0. The van der Waals surface area contributed by atoms with Gasteiger partial charge in [-0.1, -0.05) is 125 Å². The van der Waals surface area contributed by atoms with Crippen molar-refractivity contribution in [2.75, 3.05) is 13.2 Å². The number of rotatable bonds is 30. The average Bonchev–Trinajstić information content (AvgIpc) is 3.02. The molecule has 0 aliphatic heterocycles. The number of aliphatic hydroxyl groups is 1. The van der Waals surface area contributed by atoms with Crippen LogP contribution in [0.4, 0.5) is 0 Å². The minimum atomic E-state index is -0.800. The van der Waals surface area contributed by atoms with Crippen molar-refractivity contribution in [1.82, 2.24) is 0 Å². The third-order valence-electron chi connectivity index (χ3n) is 6.98. The fourth-order valence-electron chi connectivity index (χ4n) is 4.35. The van der Waals surface area contributed by atoms with Crippen molar-refractivity contribution in [2.45, 2.75) is 148 Å². The van der Waals surface area contributed by atoms with E-state index in [0.29, 0.717) is 19.3 Å². The van der Waals surface area contributed by atoms with E-state index in [2.05, 4.69) is 86.8 Å². The predicted molar refractivity (Wildman–Crippen MR) is 186 cm³/mol. The molecule has 0 aliphatic carbocycles. The van der Waals surface area contributed by atoms with Gasteiger partial charge in [-0.25, -0.2) is 0 Å². The Labute approximate surface area is 270 Å². The highest BCUT2D eigenvalue weighted by molar-refractivity contribution is 5.70. The lowest BCUT2D eigenvalue weighted by molar-refractivity contribution is -0.161. The zero-order valence-electron chi connectivity index (χ0n) is 28.1. The summed E-state index contributed by atoms with van der Waals surface area (Å²) in [6.45, 7) is 3.92. The Morgan fingerprint density at radius 2 is 1.00 bits per heavy atom. The number of hydrogen-bond acceptors (Lipinski definition) is 5. The van der Waals surface area contributed by atoms with E-state index < -0.39 is 6.10 Å². The Bertz CT molecular complexity index is 833. The molecule has 0 rings (SSSR count). The number of aliphatic hydroxyl groups excluding tert-OH is 1. The molecule has 0 amide bonds. The molecule has 0 spiro atoms. The number of ether oxygens (including phenoxy) is 2. The van der Waals surface area contributed by atoms with Gasteiger partial charge in [-0.2, -0.15) is 0 Å². The first kappa shape index (κ1) is 41.3. The molecule has 0 aromatic heterocycles. The number of carbonyl (C=O) groups is 2. The van der Waals surface area contributed by atoms with Crippen LogP contribution in [0.3, 0.4) is 0 Å². The van der Waals surface area contributed by atoms with E-state index in [9.17, 15) is 14.7 Å². The maximum atomic E-state index is 12.1. The summed E-state index contributed by atoms with van der Waals surface area (Å²) in [5, 5.41) is 9.51. The molecular formula is C39H64O5. The van der Waals surface area contributed by atoms with Crippen LogP contribution in [-0.2, 0) is 19.1 Å². The summed E-state index contributed by atoms with van der Waals surface area (Å²) >= 11 is 0. The van der Waals surface area contributed by atoms with Crippen LogP contribution in [-0.4, -0.2) is 36.4 Å². The van der Waals surface area contributed by atoms with Gasteiger partial charge >= 0.3 is 11.9 Å². The first-order valence-corrected chi connectivity index (χ1v) is 17.5. The topological polar surface area (TPSA) is 72.8 Å². The molecule has 5 heteroatoms. The molecule has 0 heterocycles. The van der Waals surface area contributed by atoms with Crippen LogP contribution in [0.2, 0.25) is 0 Å². The fourth-order valence-corrected chi connectivity index (χ4v) is 4.35. The Balaban J connectivity index is 3.73. The third kappa shape index (κ3) is 32.3. The third-order valence-corrected chi connectivity index (χ3v) is 6.98. The summed E-state index contributed by atoms with van der Waals surface area (Å²) in [5.74, 6) is -0.678. The fraction of sp³-hybridized carbons (Fsp3) is 0.641. The number of hydrogen-bond donors (Lipinski definition) is 1. The summed E-state index contributed by atoms with van der Waals surface area (Å²) in [5.41, 5.74) is 0. The van der Waals surface area contributed by atoms with Gasteiger partial charge in [0.2, 0.25) is 0 Å². The van der Waals surface area contributed by atoms with Crippen molar-refractivity contribution in [3.8, 4) is 0 Å². The van der Waals surface area contributed by atoms with Gasteiger partial charge in [0, 0.05) is 12.8 Å². The molecule has 0 bridgehead atoms. The first-order chi connectivity index (χ1) is 21.6. The molecule has 0 aliphatic rings. The standard InChI is InChI=1S/C39H64O5/c1-3-5-7-9-11-13-15-17-18-19-20-22-23-25-27-29-31-33-38(41)43-36-37(35-40)44-39(42)34-32-30-28-26-24-21-16-14-12-10-8-6-4-2/h5,7,11,13-14,16-18,20,22,25,27,37,40H,3-4,6,8-10,12,15,19,21,23-24,26,28-36H2,1-2H3/b7-5+,13-11+,16-14+,18-17+,22-20+,27-25+/t37-/m0/s1. The van der Waals surface area contributed by atoms with Crippen LogP contribution in [0.15, 0.2) is 72.9 Å². The average molecular weight is 613 g/mol. The van der Waals surface area contributed by atoms with Crippen LogP contribution >= 0.6 is 0 Å². The maximum Gasteiger partial charge on any atom is 0.306 e. The van der Waals surface area contributed by atoms with E-state index in [1.54, 1.807) is 0 Å². The first-order valence-electron chi connectivity index (χ1n) is 17.5. The molecule has 0 saturated heterocycles. The van der Waals surface area contributed by atoms with E-state index >= 15 is 0 Å². The molecule has 0 aromatic carbocycles. The van der Waals surface area contributed by atoms with Crippen molar-refractivity contribution in [2.24, 2.45) is 0 Å². The number of unbranched alkanes of at least 4 members (excludes halogenated alkanes) is 10. The molecule has 44 heavy (non-hydrogen) atoms. The van der Waals surface area contributed by atoms with Gasteiger partial charge in [0.05, 0.1) is 6.61 Å². The van der Waals surface area contributed by atoms with Gasteiger partial charge in [-0.3, -0.25) is 9.59 Å². The summed E-state index contributed by atoms with van der Waals surface area (Å²) in [6.07, 6.45) is 45.3. The largest absolute Gasteiger partial charge is 0.462 e. The SMILES string of the molecule is CC/C=C/C/C=C/C/C=C/C/C=C/C/C=C/CCCC(=O)OC[C@H](CO)OC(=O)CCCCCCC/C=C/CCCCCC. The molecule has 0 unspecified atom stereocenters. The van der Waals surface area contributed by atoms with Gasteiger partial charge in [0.15, 0.2) is 6.10 Å². The Morgan fingerprint density at radius 3 is 1.57 bits per heavy atom. The summed E-state index contributed by atoms with van der Waals surface area (Å²) in [4.78, 5) is 24.1. The molecule has 1 N–H and O–H groups in total. The number of carbonyl (C=O) groups excluding carboxylic acids is 2. The summed E-state index contributed by atoms with van der Waals surface area (Å²) < 4.78 is 10.5. The molecular weight excluding hydrogens is 548 g/mol. The minimum Gasteiger partial charge on any atom is -0.462 e. The van der Waals surface area contributed by atoms with E-state index in [0.717, 1.165) is 64.2 Å². The predicted octanol–water partition coefficient (Wildman–Crippen LogP) is 10.6. The molecule has 5 nitrogen and oxygen atoms in total. The highest BCUT2D eigenvalue weighted by atomic mass is 16.6. The second-order valence-corrected chi connectivity index (χ2v) is 11.2. The van der Waals surface area contributed by atoms with Gasteiger partial charge in [0.1, 0.15) is 6.61 Å². The smallest absolute Gasteiger partial charge is 0.306 e. The molecule has 250 valence electrons. The lowest BCUT2D eigenvalue weighted by atomic mass is 10.1. The zero-order valence-corrected chi connectivity index (χ0v) is 28.1. The van der Waals surface area contributed by atoms with Crippen molar-refractivity contribution >= 4 is 11.9 Å². The molecule has 0 aromatic rings. The monoisotopic (exact) mass is 612 g/mol. The van der Waals surface area contributed by atoms with Crippen molar-refractivity contribution in [3.63, 3.8) is 0 Å². The van der Waals surface area contributed by atoms with Crippen LogP contribution in [0, 0.1) is 0 Å². The van der Waals surface area contributed by atoms with Crippen LogP contribution in [0.5, 0.6) is 0 Å². The molecule has 0 radical (unpaired) electrons. The van der Waals surface area contributed by atoms with Crippen molar-refractivity contribution < 1.29 is 24.2 Å². The van der Waals surface area contributed by atoms with E-state index in [1.165, 1.54) is 44.9 Å². The molecule has 0 saturated carbocycles. The van der Waals surface area contributed by atoms with Crippen molar-refractivity contribution in [3.05, 3.63) is 72.9 Å². The maximum absolute atomic E-state index is 12.1. The second-order valence-electron chi connectivity index (χ2n) is 11.2. The Hall–Kier alpha value is -2.66. The van der Waals surface area contributed by atoms with E-state index in [-0.39, 0.29) is 25.2 Å².